The maximum atomic E-state index is 10.5. The SMILES string of the molecule is C[C@@H](O)[C@H]([Se]c1ccccc1)[C@@H](O)c1ccccc1. The maximum absolute atomic E-state index is 10.5. The van der Waals surface area contributed by atoms with Gasteiger partial charge in [0.2, 0.25) is 0 Å². The number of benzene rings is 2. The van der Waals surface area contributed by atoms with Crippen molar-refractivity contribution in [2.45, 2.75) is 23.9 Å². The van der Waals surface area contributed by atoms with Crippen LogP contribution in [0.2, 0.25) is 4.82 Å². The molecule has 0 saturated heterocycles. The molecule has 0 spiro atoms. The van der Waals surface area contributed by atoms with E-state index in [0.717, 1.165) is 5.56 Å². The number of hydrogen-bond acceptors (Lipinski definition) is 2. The third-order valence-corrected chi connectivity index (χ3v) is 6.02. The molecule has 3 heteroatoms. The second-order valence-corrected chi connectivity index (χ2v) is 7.12. The van der Waals surface area contributed by atoms with Gasteiger partial charge in [0.15, 0.2) is 0 Å². The zero-order valence-electron chi connectivity index (χ0n) is 10.8. The quantitative estimate of drug-likeness (QED) is 0.826. The van der Waals surface area contributed by atoms with E-state index < -0.39 is 12.2 Å². The normalized spacial score (nSPS) is 15.7. The summed E-state index contributed by atoms with van der Waals surface area (Å²) >= 11 is 0.0324. The van der Waals surface area contributed by atoms with E-state index in [9.17, 15) is 10.2 Å². The van der Waals surface area contributed by atoms with Gasteiger partial charge in [-0.2, -0.15) is 0 Å². The fourth-order valence-corrected chi connectivity index (χ4v) is 4.25. The van der Waals surface area contributed by atoms with Gasteiger partial charge < -0.3 is 0 Å². The predicted octanol–water partition coefficient (Wildman–Crippen LogP) is 1.92. The van der Waals surface area contributed by atoms with Gasteiger partial charge in [-0.1, -0.05) is 0 Å². The van der Waals surface area contributed by atoms with Crippen LogP contribution in [-0.4, -0.2) is 31.3 Å². The molecule has 0 aliphatic rings. The first-order valence-corrected chi connectivity index (χ1v) is 8.16. The van der Waals surface area contributed by atoms with Crippen LogP contribution in [0.25, 0.3) is 0 Å². The van der Waals surface area contributed by atoms with Gasteiger partial charge in [-0.25, -0.2) is 0 Å². The molecular formula is C16H18O2Se. The zero-order valence-corrected chi connectivity index (χ0v) is 12.5. The number of rotatable bonds is 5. The van der Waals surface area contributed by atoms with Crippen LogP contribution in [0, 0.1) is 0 Å². The van der Waals surface area contributed by atoms with Crippen molar-refractivity contribution in [1.29, 1.82) is 0 Å². The summed E-state index contributed by atoms with van der Waals surface area (Å²) in [6.45, 7) is 1.75. The van der Waals surface area contributed by atoms with Crippen LogP contribution in [0.4, 0.5) is 0 Å². The van der Waals surface area contributed by atoms with E-state index >= 15 is 0 Å². The molecule has 3 atom stereocenters. The molecule has 0 unspecified atom stereocenters. The molecule has 0 fully saturated rings. The average Bonchev–Trinajstić information content (AvgIpc) is 2.46. The first kappa shape index (κ1) is 14.3. The van der Waals surface area contributed by atoms with Crippen molar-refractivity contribution in [2.24, 2.45) is 0 Å². The Kier molecular flexibility index (Phi) is 5.17. The van der Waals surface area contributed by atoms with E-state index in [2.05, 4.69) is 0 Å². The van der Waals surface area contributed by atoms with E-state index in [0.29, 0.717) is 0 Å². The monoisotopic (exact) mass is 322 g/mol. The summed E-state index contributed by atoms with van der Waals surface area (Å²) < 4.78 is 1.19. The predicted molar refractivity (Wildman–Crippen MR) is 78.7 cm³/mol. The van der Waals surface area contributed by atoms with Gasteiger partial charge in [0.1, 0.15) is 0 Å². The summed E-state index contributed by atoms with van der Waals surface area (Å²) in [7, 11) is 0. The molecule has 0 aliphatic heterocycles. The van der Waals surface area contributed by atoms with Crippen molar-refractivity contribution in [2.75, 3.05) is 0 Å². The third-order valence-electron chi connectivity index (χ3n) is 2.94. The van der Waals surface area contributed by atoms with Crippen molar-refractivity contribution < 1.29 is 10.2 Å². The van der Waals surface area contributed by atoms with Gasteiger partial charge in [0.25, 0.3) is 0 Å². The molecule has 0 saturated carbocycles. The van der Waals surface area contributed by atoms with Crippen LogP contribution in [0.15, 0.2) is 60.7 Å². The Morgan fingerprint density at radius 1 is 0.842 bits per heavy atom. The van der Waals surface area contributed by atoms with Gasteiger partial charge in [-0.15, -0.1) is 0 Å². The Balaban J connectivity index is 2.17. The first-order valence-electron chi connectivity index (χ1n) is 6.31. The van der Waals surface area contributed by atoms with Gasteiger partial charge >= 0.3 is 120 Å². The van der Waals surface area contributed by atoms with E-state index in [1.165, 1.54) is 4.46 Å². The van der Waals surface area contributed by atoms with Gasteiger partial charge in [-0.3, -0.25) is 0 Å². The van der Waals surface area contributed by atoms with Crippen molar-refractivity contribution in [3.63, 3.8) is 0 Å². The van der Waals surface area contributed by atoms with E-state index in [4.69, 9.17) is 0 Å². The van der Waals surface area contributed by atoms with Crippen LogP contribution >= 0.6 is 0 Å². The zero-order chi connectivity index (χ0) is 13.7. The topological polar surface area (TPSA) is 40.5 Å². The molecule has 0 aromatic heterocycles. The van der Waals surface area contributed by atoms with Crippen molar-refractivity contribution in [3.05, 3.63) is 66.2 Å². The fourth-order valence-electron chi connectivity index (χ4n) is 1.92. The Morgan fingerprint density at radius 3 is 1.89 bits per heavy atom. The summed E-state index contributed by atoms with van der Waals surface area (Å²) in [5.41, 5.74) is 0.867. The summed E-state index contributed by atoms with van der Waals surface area (Å²) in [5, 5.41) is 20.4. The van der Waals surface area contributed by atoms with Gasteiger partial charge in [0.05, 0.1) is 0 Å². The summed E-state index contributed by atoms with van der Waals surface area (Å²) in [5.74, 6) is 0. The van der Waals surface area contributed by atoms with Crippen LogP contribution in [0.3, 0.4) is 0 Å². The second-order valence-electron chi connectivity index (χ2n) is 4.49. The van der Waals surface area contributed by atoms with Crippen molar-refractivity contribution >= 4 is 19.4 Å². The van der Waals surface area contributed by atoms with E-state index in [1.807, 2.05) is 60.7 Å². The Morgan fingerprint density at radius 2 is 1.37 bits per heavy atom. The Hall–Kier alpha value is -1.12. The van der Waals surface area contributed by atoms with Crippen LogP contribution in [0.5, 0.6) is 0 Å². The molecule has 2 nitrogen and oxygen atoms in total. The molecule has 2 aromatic rings. The molecule has 2 N–H and O–H groups in total. The third kappa shape index (κ3) is 3.92. The van der Waals surface area contributed by atoms with E-state index in [1.54, 1.807) is 6.92 Å². The summed E-state index contributed by atoms with van der Waals surface area (Å²) in [6.07, 6.45) is -1.16. The Labute approximate surface area is 120 Å². The fraction of sp³-hybridized carbons (Fsp3) is 0.250. The molecule has 0 heterocycles. The number of aliphatic hydroxyl groups excluding tert-OH is 2. The van der Waals surface area contributed by atoms with Crippen molar-refractivity contribution in [3.8, 4) is 0 Å². The minimum absolute atomic E-state index is 0.0324. The Bertz CT molecular complexity index is 485. The average molecular weight is 321 g/mol. The molecule has 0 amide bonds. The number of hydrogen-bond donors (Lipinski definition) is 2. The van der Waals surface area contributed by atoms with E-state index in [-0.39, 0.29) is 19.8 Å². The summed E-state index contributed by atoms with van der Waals surface area (Å²) in [4.78, 5) is -0.141. The van der Waals surface area contributed by atoms with Crippen LogP contribution < -0.4 is 4.46 Å². The molecule has 19 heavy (non-hydrogen) atoms. The molecule has 0 aliphatic carbocycles. The van der Waals surface area contributed by atoms with Crippen molar-refractivity contribution in [1.82, 2.24) is 0 Å². The van der Waals surface area contributed by atoms with Gasteiger partial charge in [-0.05, 0) is 0 Å². The molecule has 0 radical (unpaired) electrons. The molecular weight excluding hydrogens is 303 g/mol. The molecule has 2 aromatic carbocycles. The number of aliphatic hydroxyl groups is 2. The summed E-state index contributed by atoms with van der Waals surface area (Å²) in [6, 6.07) is 19.6. The van der Waals surface area contributed by atoms with Gasteiger partial charge in [0, 0.05) is 0 Å². The standard InChI is InChI=1S/C16H18O2Se/c1-12(17)16(19-14-10-6-3-7-11-14)15(18)13-8-4-2-5-9-13/h2-12,15-18H,1H3/t12-,15+,16+/m1/s1. The molecule has 2 rings (SSSR count). The molecule has 0 bridgehead atoms. The van der Waals surface area contributed by atoms with Crippen LogP contribution in [0.1, 0.15) is 18.6 Å². The molecule has 100 valence electrons. The second kappa shape index (κ2) is 6.88. The minimum atomic E-state index is -0.624. The first-order chi connectivity index (χ1) is 9.18. The van der Waals surface area contributed by atoms with Crippen LogP contribution in [-0.2, 0) is 0 Å².